The predicted molar refractivity (Wildman–Crippen MR) is 77.5 cm³/mol. The van der Waals surface area contributed by atoms with Crippen LogP contribution >= 0.6 is 11.8 Å². The molecule has 2 aromatic carbocycles. The molecule has 2 rings (SSSR count). The van der Waals surface area contributed by atoms with Crippen LogP contribution in [0.4, 0.5) is 0 Å². The van der Waals surface area contributed by atoms with Crippen LogP contribution in [0, 0.1) is 0 Å². The molecule has 0 unspecified atom stereocenters. The third kappa shape index (κ3) is 2.65. The molecular weight excluding hydrogens is 240 g/mol. The summed E-state index contributed by atoms with van der Waals surface area (Å²) in [6.07, 6.45) is 2.94. The van der Waals surface area contributed by atoms with Crippen LogP contribution in [0.3, 0.4) is 0 Å². The van der Waals surface area contributed by atoms with Gasteiger partial charge in [0, 0.05) is 16.0 Å². The van der Waals surface area contributed by atoms with Crippen molar-refractivity contribution >= 4 is 17.5 Å². The first-order chi connectivity index (χ1) is 8.76. The van der Waals surface area contributed by atoms with E-state index in [9.17, 15) is 4.79 Å². The van der Waals surface area contributed by atoms with Crippen LogP contribution in [-0.4, -0.2) is 12.0 Å². The molecule has 0 saturated heterocycles. The van der Waals surface area contributed by atoms with Gasteiger partial charge in [0.05, 0.1) is 0 Å². The van der Waals surface area contributed by atoms with Crippen LogP contribution in [0.2, 0.25) is 0 Å². The van der Waals surface area contributed by atoms with Crippen molar-refractivity contribution in [2.24, 2.45) is 0 Å². The standard InChI is InChI=1S/C16H16OS/c1-3-12-7-6-8-13(11-12)16(17)14-9-4-5-10-15(14)18-2/h4-11H,3H2,1-2H3. The number of hydrogen-bond acceptors (Lipinski definition) is 2. The minimum atomic E-state index is 0.107. The molecule has 0 spiro atoms. The maximum absolute atomic E-state index is 12.5. The van der Waals surface area contributed by atoms with Crippen LogP contribution in [-0.2, 0) is 6.42 Å². The molecule has 0 amide bonds. The molecule has 0 fully saturated rings. The van der Waals surface area contributed by atoms with Crippen molar-refractivity contribution in [3.63, 3.8) is 0 Å². The highest BCUT2D eigenvalue weighted by Crippen LogP contribution is 2.23. The summed E-state index contributed by atoms with van der Waals surface area (Å²) in [6.45, 7) is 2.10. The lowest BCUT2D eigenvalue weighted by Gasteiger charge is -2.07. The fraction of sp³-hybridized carbons (Fsp3) is 0.188. The van der Waals surface area contributed by atoms with E-state index in [0.29, 0.717) is 0 Å². The second kappa shape index (κ2) is 5.87. The SMILES string of the molecule is CCc1cccc(C(=O)c2ccccc2SC)c1. The lowest BCUT2D eigenvalue weighted by molar-refractivity contribution is 0.103. The fourth-order valence-electron chi connectivity index (χ4n) is 1.92. The molecule has 0 aliphatic carbocycles. The number of ketones is 1. The maximum Gasteiger partial charge on any atom is 0.194 e. The summed E-state index contributed by atoms with van der Waals surface area (Å²) < 4.78 is 0. The van der Waals surface area contributed by atoms with Gasteiger partial charge in [-0.05, 0) is 36.4 Å². The van der Waals surface area contributed by atoms with Gasteiger partial charge in [-0.3, -0.25) is 4.79 Å². The van der Waals surface area contributed by atoms with E-state index in [2.05, 4.69) is 13.0 Å². The number of hydrogen-bond donors (Lipinski definition) is 0. The Labute approximate surface area is 112 Å². The van der Waals surface area contributed by atoms with E-state index in [-0.39, 0.29) is 5.78 Å². The number of carbonyl (C=O) groups is 1. The van der Waals surface area contributed by atoms with Crippen molar-refractivity contribution in [2.45, 2.75) is 18.2 Å². The molecule has 0 saturated carbocycles. The third-order valence-electron chi connectivity index (χ3n) is 2.95. The topological polar surface area (TPSA) is 17.1 Å². The largest absolute Gasteiger partial charge is 0.289 e. The molecule has 0 aliphatic heterocycles. The second-order valence-electron chi connectivity index (χ2n) is 4.08. The summed E-state index contributed by atoms with van der Waals surface area (Å²) in [5, 5.41) is 0. The van der Waals surface area contributed by atoms with Gasteiger partial charge in [0.1, 0.15) is 0 Å². The molecule has 18 heavy (non-hydrogen) atoms. The third-order valence-corrected chi connectivity index (χ3v) is 3.74. The molecule has 0 atom stereocenters. The van der Waals surface area contributed by atoms with Gasteiger partial charge in [-0.25, -0.2) is 0 Å². The van der Waals surface area contributed by atoms with E-state index in [4.69, 9.17) is 0 Å². The Kier molecular flexibility index (Phi) is 4.21. The molecule has 0 aromatic heterocycles. The summed E-state index contributed by atoms with van der Waals surface area (Å²) in [5.74, 6) is 0.107. The Hall–Kier alpha value is -1.54. The van der Waals surface area contributed by atoms with Gasteiger partial charge in [0.15, 0.2) is 5.78 Å². The first-order valence-corrected chi connectivity index (χ1v) is 7.25. The Morgan fingerprint density at radius 3 is 2.61 bits per heavy atom. The van der Waals surface area contributed by atoms with E-state index < -0.39 is 0 Å². The first kappa shape index (κ1) is 12.9. The highest BCUT2D eigenvalue weighted by molar-refractivity contribution is 7.98. The van der Waals surface area contributed by atoms with Gasteiger partial charge in [-0.2, -0.15) is 0 Å². The monoisotopic (exact) mass is 256 g/mol. The van der Waals surface area contributed by atoms with Crippen LogP contribution in [0.15, 0.2) is 53.4 Å². The van der Waals surface area contributed by atoms with Crippen molar-refractivity contribution in [1.82, 2.24) is 0 Å². The summed E-state index contributed by atoms with van der Waals surface area (Å²) >= 11 is 1.61. The van der Waals surface area contributed by atoms with Crippen LogP contribution < -0.4 is 0 Å². The highest BCUT2D eigenvalue weighted by Gasteiger charge is 2.12. The van der Waals surface area contributed by atoms with Gasteiger partial charge < -0.3 is 0 Å². The average molecular weight is 256 g/mol. The molecule has 0 aliphatic rings. The van der Waals surface area contributed by atoms with E-state index >= 15 is 0 Å². The van der Waals surface area contributed by atoms with Crippen molar-refractivity contribution < 1.29 is 4.79 Å². The molecule has 2 heteroatoms. The smallest absolute Gasteiger partial charge is 0.194 e. The van der Waals surface area contributed by atoms with E-state index in [0.717, 1.165) is 22.4 Å². The maximum atomic E-state index is 12.5. The Balaban J connectivity index is 2.41. The number of thioether (sulfide) groups is 1. The molecule has 0 bridgehead atoms. The second-order valence-corrected chi connectivity index (χ2v) is 4.93. The normalized spacial score (nSPS) is 10.3. The van der Waals surface area contributed by atoms with Crippen LogP contribution in [0.1, 0.15) is 28.4 Å². The van der Waals surface area contributed by atoms with Crippen molar-refractivity contribution in [1.29, 1.82) is 0 Å². The molecule has 1 nitrogen and oxygen atoms in total. The van der Waals surface area contributed by atoms with E-state index in [1.54, 1.807) is 11.8 Å². The van der Waals surface area contributed by atoms with Crippen LogP contribution in [0.25, 0.3) is 0 Å². The van der Waals surface area contributed by atoms with Crippen molar-refractivity contribution in [3.8, 4) is 0 Å². The summed E-state index contributed by atoms with van der Waals surface area (Å²) in [4.78, 5) is 13.5. The number of benzene rings is 2. The number of carbonyl (C=O) groups excluding carboxylic acids is 1. The molecule has 0 radical (unpaired) electrons. The first-order valence-electron chi connectivity index (χ1n) is 6.03. The van der Waals surface area contributed by atoms with Gasteiger partial charge in [0.2, 0.25) is 0 Å². The Morgan fingerprint density at radius 1 is 1.11 bits per heavy atom. The van der Waals surface area contributed by atoms with Crippen molar-refractivity contribution in [3.05, 3.63) is 65.2 Å². The lowest BCUT2D eigenvalue weighted by atomic mass is 10.0. The molecule has 0 N–H and O–H groups in total. The minimum Gasteiger partial charge on any atom is -0.289 e. The van der Waals surface area contributed by atoms with Gasteiger partial charge >= 0.3 is 0 Å². The zero-order chi connectivity index (χ0) is 13.0. The van der Waals surface area contributed by atoms with Crippen molar-refractivity contribution in [2.75, 3.05) is 6.26 Å². The van der Waals surface area contributed by atoms with Crippen LogP contribution in [0.5, 0.6) is 0 Å². The average Bonchev–Trinajstić information content (AvgIpc) is 2.46. The Morgan fingerprint density at radius 2 is 1.89 bits per heavy atom. The summed E-state index contributed by atoms with van der Waals surface area (Å²) in [5.41, 5.74) is 2.76. The highest BCUT2D eigenvalue weighted by atomic mass is 32.2. The van der Waals surface area contributed by atoms with Gasteiger partial charge in [-0.1, -0.05) is 37.3 Å². The van der Waals surface area contributed by atoms with Gasteiger partial charge in [-0.15, -0.1) is 11.8 Å². The lowest BCUT2D eigenvalue weighted by Crippen LogP contribution is -2.03. The molecular formula is C16H16OS. The van der Waals surface area contributed by atoms with E-state index in [1.165, 1.54) is 5.56 Å². The van der Waals surface area contributed by atoms with Gasteiger partial charge in [0.25, 0.3) is 0 Å². The molecule has 0 heterocycles. The zero-order valence-corrected chi connectivity index (χ0v) is 11.5. The molecule has 2 aromatic rings. The summed E-state index contributed by atoms with van der Waals surface area (Å²) in [7, 11) is 0. The molecule has 92 valence electrons. The fourth-order valence-corrected chi connectivity index (χ4v) is 2.52. The summed E-state index contributed by atoms with van der Waals surface area (Å²) in [6, 6.07) is 15.6. The predicted octanol–water partition coefficient (Wildman–Crippen LogP) is 4.20. The number of rotatable bonds is 4. The number of aryl methyl sites for hydroxylation is 1. The Bertz CT molecular complexity index is 561. The quantitative estimate of drug-likeness (QED) is 0.602. The minimum absolute atomic E-state index is 0.107. The zero-order valence-electron chi connectivity index (χ0n) is 10.6. The van der Waals surface area contributed by atoms with E-state index in [1.807, 2.05) is 48.7 Å².